The highest BCUT2D eigenvalue weighted by Gasteiger charge is 2.01. The van der Waals surface area contributed by atoms with Gasteiger partial charge in [0, 0.05) is 5.92 Å². The summed E-state index contributed by atoms with van der Waals surface area (Å²) in [6.45, 7) is 5.82. The lowest BCUT2D eigenvalue weighted by molar-refractivity contribution is 0.570. The second-order valence-electron chi connectivity index (χ2n) is 2.26. The molecule has 0 rings (SSSR count). The second-order valence-corrected chi connectivity index (χ2v) is 2.26. The molecule has 0 aromatic rings. The van der Waals surface area contributed by atoms with E-state index in [1.807, 2.05) is 0 Å². The predicted octanol–water partition coefficient (Wildman–Crippen LogP) is 2.54. The van der Waals surface area contributed by atoms with Gasteiger partial charge in [0.1, 0.15) is 0 Å². The number of rotatable bonds is 4. The zero-order valence-corrected chi connectivity index (χ0v) is 6.06. The van der Waals surface area contributed by atoms with E-state index >= 15 is 0 Å². The highest BCUT2D eigenvalue weighted by Crippen LogP contribution is 2.09. The Labute approximate surface area is 57.7 Å². The van der Waals surface area contributed by atoms with Crippen LogP contribution in [0.2, 0.25) is 0 Å². The van der Waals surface area contributed by atoms with Crippen LogP contribution in [0.3, 0.4) is 0 Å². The van der Waals surface area contributed by atoms with Gasteiger partial charge in [-0.05, 0) is 12.8 Å². The molecule has 0 aromatic carbocycles. The van der Waals surface area contributed by atoms with E-state index in [1.165, 1.54) is 6.42 Å². The molecule has 1 heteroatoms. The zero-order chi connectivity index (χ0) is 7.11. The Morgan fingerprint density at radius 2 is 2.33 bits per heavy atom. The Balaban J connectivity index is 3.23. The van der Waals surface area contributed by atoms with E-state index in [-0.39, 0.29) is 5.92 Å². The standard InChI is InChI=1S/C8H14N/c1-3-5-6-8(4-2)7-9/h8H,2-6H2,1H3. The summed E-state index contributed by atoms with van der Waals surface area (Å²) in [5, 5.41) is 8.46. The van der Waals surface area contributed by atoms with E-state index in [4.69, 9.17) is 5.26 Å². The van der Waals surface area contributed by atoms with E-state index in [2.05, 4.69) is 19.9 Å². The summed E-state index contributed by atoms with van der Waals surface area (Å²) in [6, 6.07) is 2.22. The van der Waals surface area contributed by atoms with Crippen LogP contribution in [0.15, 0.2) is 0 Å². The fourth-order valence-corrected chi connectivity index (χ4v) is 0.724. The van der Waals surface area contributed by atoms with Crippen LogP contribution in [0.5, 0.6) is 0 Å². The third-order valence-corrected chi connectivity index (χ3v) is 1.44. The predicted molar refractivity (Wildman–Crippen MR) is 38.6 cm³/mol. The SMILES string of the molecule is [CH2]CC(C#N)CCCC. The lowest BCUT2D eigenvalue weighted by Crippen LogP contribution is -1.93. The van der Waals surface area contributed by atoms with Crippen molar-refractivity contribution in [1.82, 2.24) is 0 Å². The third kappa shape index (κ3) is 4.02. The molecule has 51 valence electrons. The third-order valence-electron chi connectivity index (χ3n) is 1.44. The monoisotopic (exact) mass is 124 g/mol. The van der Waals surface area contributed by atoms with Crippen molar-refractivity contribution in [3.63, 3.8) is 0 Å². The van der Waals surface area contributed by atoms with Gasteiger partial charge in [0.05, 0.1) is 6.07 Å². The summed E-state index contributed by atoms with van der Waals surface area (Å²) in [5.41, 5.74) is 0. The van der Waals surface area contributed by atoms with E-state index in [0.717, 1.165) is 19.3 Å². The Morgan fingerprint density at radius 3 is 2.67 bits per heavy atom. The Morgan fingerprint density at radius 1 is 1.67 bits per heavy atom. The van der Waals surface area contributed by atoms with Crippen molar-refractivity contribution in [1.29, 1.82) is 5.26 Å². The summed E-state index contributed by atoms with van der Waals surface area (Å²) >= 11 is 0. The molecule has 0 heterocycles. The first kappa shape index (κ1) is 8.49. The number of nitriles is 1. The van der Waals surface area contributed by atoms with Gasteiger partial charge in [-0.2, -0.15) is 5.26 Å². The molecule has 9 heavy (non-hydrogen) atoms. The topological polar surface area (TPSA) is 23.8 Å². The van der Waals surface area contributed by atoms with Crippen molar-refractivity contribution in [3.05, 3.63) is 6.92 Å². The van der Waals surface area contributed by atoms with Gasteiger partial charge in [-0.1, -0.05) is 26.7 Å². The van der Waals surface area contributed by atoms with Gasteiger partial charge < -0.3 is 0 Å². The molecule has 0 amide bonds. The zero-order valence-electron chi connectivity index (χ0n) is 6.06. The quantitative estimate of drug-likeness (QED) is 0.565. The first-order valence-corrected chi connectivity index (χ1v) is 3.54. The summed E-state index contributed by atoms with van der Waals surface area (Å²) in [6.07, 6.45) is 4.12. The molecule has 0 aliphatic rings. The lowest BCUT2D eigenvalue weighted by atomic mass is 10.0. The molecule has 0 spiro atoms. The average molecular weight is 124 g/mol. The molecule has 0 aromatic heterocycles. The minimum absolute atomic E-state index is 0.199. The van der Waals surface area contributed by atoms with Gasteiger partial charge in [-0.25, -0.2) is 0 Å². The summed E-state index contributed by atoms with van der Waals surface area (Å²) in [5.74, 6) is 0.199. The fraction of sp³-hybridized carbons (Fsp3) is 0.750. The minimum Gasteiger partial charge on any atom is -0.198 e. The average Bonchev–Trinajstić information content (AvgIpc) is 1.91. The van der Waals surface area contributed by atoms with Crippen LogP contribution in [0.1, 0.15) is 32.6 Å². The van der Waals surface area contributed by atoms with Gasteiger partial charge in [0.2, 0.25) is 0 Å². The summed E-state index contributed by atoms with van der Waals surface area (Å²) < 4.78 is 0. The Hall–Kier alpha value is -0.510. The molecule has 1 atom stereocenters. The molecule has 0 bridgehead atoms. The molecule has 1 nitrogen and oxygen atoms in total. The van der Waals surface area contributed by atoms with Crippen LogP contribution in [-0.4, -0.2) is 0 Å². The van der Waals surface area contributed by atoms with Crippen LogP contribution < -0.4 is 0 Å². The van der Waals surface area contributed by atoms with Gasteiger partial charge in [-0.3, -0.25) is 0 Å². The second kappa shape index (κ2) is 5.62. The molecule has 0 saturated heterocycles. The van der Waals surface area contributed by atoms with Crippen LogP contribution in [0, 0.1) is 24.2 Å². The molecule has 0 N–H and O–H groups in total. The molecular weight excluding hydrogens is 110 g/mol. The maximum atomic E-state index is 8.46. The van der Waals surface area contributed by atoms with Crippen LogP contribution >= 0.6 is 0 Å². The van der Waals surface area contributed by atoms with E-state index < -0.39 is 0 Å². The highest BCUT2D eigenvalue weighted by molar-refractivity contribution is 4.82. The maximum absolute atomic E-state index is 8.46. The number of hydrogen-bond donors (Lipinski definition) is 0. The smallest absolute Gasteiger partial charge is 0.0655 e. The first-order chi connectivity index (χ1) is 4.35. The normalized spacial score (nSPS) is 12.6. The van der Waals surface area contributed by atoms with Crippen molar-refractivity contribution in [2.24, 2.45) is 5.92 Å². The molecule has 0 saturated carbocycles. The molecule has 1 radical (unpaired) electrons. The van der Waals surface area contributed by atoms with Gasteiger partial charge >= 0.3 is 0 Å². The van der Waals surface area contributed by atoms with Crippen LogP contribution in [0.25, 0.3) is 0 Å². The summed E-state index contributed by atoms with van der Waals surface area (Å²) in [4.78, 5) is 0. The molecule has 0 aliphatic heterocycles. The van der Waals surface area contributed by atoms with Gasteiger partial charge in [0.25, 0.3) is 0 Å². The number of unbranched alkanes of at least 4 members (excludes halogenated alkanes) is 1. The van der Waals surface area contributed by atoms with E-state index in [1.54, 1.807) is 0 Å². The maximum Gasteiger partial charge on any atom is 0.0655 e. The van der Waals surface area contributed by atoms with Gasteiger partial charge in [-0.15, -0.1) is 0 Å². The van der Waals surface area contributed by atoms with Crippen LogP contribution in [-0.2, 0) is 0 Å². The highest BCUT2D eigenvalue weighted by atomic mass is 14.3. The van der Waals surface area contributed by atoms with Crippen molar-refractivity contribution >= 4 is 0 Å². The Bertz CT molecular complexity index is 91.2. The van der Waals surface area contributed by atoms with Crippen molar-refractivity contribution in [3.8, 4) is 6.07 Å². The molecule has 0 aliphatic carbocycles. The van der Waals surface area contributed by atoms with Crippen molar-refractivity contribution < 1.29 is 0 Å². The van der Waals surface area contributed by atoms with Crippen LogP contribution in [0.4, 0.5) is 0 Å². The van der Waals surface area contributed by atoms with Crippen molar-refractivity contribution in [2.45, 2.75) is 32.6 Å². The van der Waals surface area contributed by atoms with Gasteiger partial charge in [0.15, 0.2) is 0 Å². The van der Waals surface area contributed by atoms with Crippen molar-refractivity contribution in [2.75, 3.05) is 0 Å². The first-order valence-electron chi connectivity index (χ1n) is 3.54. The van der Waals surface area contributed by atoms with E-state index in [0.29, 0.717) is 0 Å². The summed E-state index contributed by atoms with van der Waals surface area (Å²) in [7, 11) is 0. The fourth-order valence-electron chi connectivity index (χ4n) is 0.724. The Kier molecular flexibility index (Phi) is 5.30. The lowest BCUT2D eigenvalue weighted by Gasteiger charge is -2.01. The van der Waals surface area contributed by atoms with E-state index in [9.17, 15) is 0 Å². The molecular formula is C8H14N. The largest absolute Gasteiger partial charge is 0.198 e. The minimum atomic E-state index is 0.199. The molecule has 0 fully saturated rings. The number of hydrogen-bond acceptors (Lipinski definition) is 1. The molecule has 1 unspecified atom stereocenters. The number of nitrogens with zero attached hydrogens (tertiary/aromatic N) is 1.